The third-order valence-electron chi connectivity index (χ3n) is 5.25. The van der Waals surface area contributed by atoms with Gasteiger partial charge in [-0.05, 0) is 69.5 Å². The Morgan fingerprint density at radius 3 is 2.55 bits per heavy atom. The fourth-order valence-corrected chi connectivity index (χ4v) is 3.75. The van der Waals surface area contributed by atoms with Crippen LogP contribution in [-0.4, -0.2) is 36.6 Å². The number of rotatable bonds is 6. The van der Waals surface area contributed by atoms with Gasteiger partial charge >= 0.3 is 0 Å². The SMILES string of the molecule is CCNC(C#N)(CN1CCCC(C(C)C)CC1)C1CC1. The van der Waals surface area contributed by atoms with Gasteiger partial charge < -0.3 is 4.90 Å². The average molecular weight is 277 g/mol. The van der Waals surface area contributed by atoms with Gasteiger partial charge in [0.1, 0.15) is 5.54 Å². The van der Waals surface area contributed by atoms with Gasteiger partial charge in [-0.25, -0.2) is 0 Å². The summed E-state index contributed by atoms with van der Waals surface area (Å²) in [5, 5.41) is 13.2. The Balaban J connectivity index is 1.95. The molecule has 1 aliphatic heterocycles. The Bertz CT molecular complexity index is 343. The number of hydrogen-bond acceptors (Lipinski definition) is 3. The molecule has 2 atom stereocenters. The van der Waals surface area contributed by atoms with Crippen LogP contribution in [0, 0.1) is 29.1 Å². The molecular weight excluding hydrogens is 246 g/mol. The van der Waals surface area contributed by atoms with Crippen LogP contribution in [0.3, 0.4) is 0 Å². The molecule has 1 saturated carbocycles. The van der Waals surface area contributed by atoms with Crippen LogP contribution >= 0.6 is 0 Å². The summed E-state index contributed by atoms with van der Waals surface area (Å²) in [6.45, 7) is 11.0. The fraction of sp³-hybridized carbons (Fsp3) is 0.941. The molecule has 1 N–H and O–H groups in total. The summed E-state index contributed by atoms with van der Waals surface area (Å²) >= 11 is 0. The van der Waals surface area contributed by atoms with Crippen LogP contribution in [0.5, 0.6) is 0 Å². The Morgan fingerprint density at radius 1 is 1.25 bits per heavy atom. The number of nitriles is 1. The smallest absolute Gasteiger partial charge is 0.122 e. The molecule has 114 valence electrons. The largest absolute Gasteiger partial charge is 0.300 e. The summed E-state index contributed by atoms with van der Waals surface area (Å²) in [5.74, 6) is 2.25. The number of nitrogens with one attached hydrogen (secondary N) is 1. The molecule has 0 bridgehead atoms. The van der Waals surface area contributed by atoms with Gasteiger partial charge in [0.15, 0.2) is 0 Å². The van der Waals surface area contributed by atoms with E-state index in [-0.39, 0.29) is 5.54 Å². The van der Waals surface area contributed by atoms with Crippen molar-refractivity contribution in [2.45, 2.75) is 58.4 Å². The molecule has 0 aromatic carbocycles. The summed E-state index contributed by atoms with van der Waals surface area (Å²) in [6, 6.07) is 2.63. The molecule has 3 nitrogen and oxygen atoms in total. The Hall–Kier alpha value is -0.590. The number of hydrogen-bond donors (Lipinski definition) is 1. The first-order valence-electron chi connectivity index (χ1n) is 8.50. The van der Waals surface area contributed by atoms with E-state index >= 15 is 0 Å². The van der Waals surface area contributed by atoms with Crippen LogP contribution in [0.4, 0.5) is 0 Å². The summed E-state index contributed by atoms with van der Waals surface area (Å²) < 4.78 is 0. The van der Waals surface area contributed by atoms with E-state index in [9.17, 15) is 5.26 Å². The molecule has 2 rings (SSSR count). The monoisotopic (exact) mass is 277 g/mol. The Labute approximate surface area is 124 Å². The molecule has 2 fully saturated rings. The van der Waals surface area contributed by atoms with Crippen molar-refractivity contribution in [2.24, 2.45) is 17.8 Å². The van der Waals surface area contributed by atoms with E-state index in [0.717, 1.165) is 24.9 Å². The minimum Gasteiger partial charge on any atom is -0.300 e. The van der Waals surface area contributed by atoms with Crippen LogP contribution in [0.2, 0.25) is 0 Å². The second-order valence-electron chi connectivity index (χ2n) is 7.10. The molecule has 1 aliphatic carbocycles. The minimum absolute atomic E-state index is 0.285. The van der Waals surface area contributed by atoms with E-state index in [1.807, 2.05) is 0 Å². The fourth-order valence-electron chi connectivity index (χ4n) is 3.75. The molecule has 0 aromatic heterocycles. The highest BCUT2D eigenvalue weighted by Gasteiger charge is 2.46. The number of likely N-dealkylation sites (tertiary alicyclic amines) is 1. The lowest BCUT2D eigenvalue weighted by atomic mass is 9.89. The number of likely N-dealkylation sites (N-methyl/N-ethyl adjacent to an activating group) is 1. The number of nitrogens with zero attached hydrogens (tertiary/aromatic N) is 2. The van der Waals surface area contributed by atoms with Crippen molar-refractivity contribution in [3.8, 4) is 6.07 Å². The first-order valence-corrected chi connectivity index (χ1v) is 8.50. The van der Waals surface area contributed by atoms with Gasteiger partial charge in [-0.15, -0.1) is 0 Å². The molecule has 2 aliphatic rings. The van der Waals surface area contributed by atoms with Crippen molar-refractivity contribution in [1.29, 1.82) is 5.26 Å². The third kappa shape index (κ3) is 3.74. The van der Waals surface area contributed by atoms with Gasteiger partial charge in [0.2, 0.25) is 0 Å². The minimum atomic E-state index is -0.285. The van der Waals surface area contributed by atoms with Crippen molar-refractivity contribution in [3.05, 3.63) is 0 Å². The predicted molar refractivity (Wildman–Crippen MR) is 83.4 cm³/mol. The standard InChI is InChI=1S/C17H31N3/c1-4-19-17(12-18,16-7-8-16)13-20-10-5-6-15(9-11-20)14(2)3/h14-16,19H,4-11,13H2,1-3H3. The van der Waals surface area contributed by atoms with Crippen molar-refractivity contribution in [1.82, 2.24) is 10.2 Å². The molecular formula is C17H31N3. The molecule has 0 spiro atoms. The van der Waals surface area contributed by atoms with Gasteiger partial charge in [-0.1, -0.05) is 20.8 Å². The van der Waals surface area contributed by atoms with Crippen molar-refractivity contribution in [3.63, 3.8) is 0 Å². The molecule has 1 saturated heterocycles. The lowest BCUT2D eigenvalue weighted by molar-refractivity contribution is 0.198. The van der Waals surface area contributed by atoms with Gasteiger partial charge in [0, 0.05) is 6.54 Å². The summed E-state index contributed by atoms with van der Waals surface area (Å²) in [5.41, 5.74) is -0.285. The van der Waals surface area contributed by atoms with Crippen LogP contribution in [-0.2, 0) is 0 Å². The van der Waals surface area contributed by atoms with E-state index in [0.29, 0.717) is 5.92 Å². The van der Waals surface area contributed by atoms with E-state index in [1.54, 1.807) is 0 Å². The lowest BCUT2D eigenvalue weighted by Gasteiger charge is -2.33. The van der Waals surface area contributed by atoms with Gasteiger partial charge in [-0.3, -0.25) is 5.32 Å². The summed E-state index contributed by atoms with van der Waals surface area (Å²) in [6.07, 6.45) is 6.40. The Kier molecular flexibility index (Phi) is 5.46. The van der Waals surface area contributed by atoms with Crippen LogP contribution in [0.25, 0.3) is 0 Å². The highest BCUT2D eigenvalue weighted by molar-refractivity contribution is 5.16. The average Bonchev–Trinajstić information content (AvgIpc) is 3.25. The van der Waals surface area contributed by atoms with Crippen LogP contribution in [0.15, 0.2) is 0 Å². The van der Waals surface area contributed by atoms with Crippen LogP contribution < -0.4 is 5.32 Å². The van der Waals surface area contributed by atoms with E-state index in [4.69, 9.17) is 0 Å². The van der Waals surface area contributed by atoms with Gasteiger partial charge in [0.05, 0.1) is 6.07 Å². The molecule has 1 heterocycles. The Morgan fingerprint density at radius 2 is 2.00 bits per heavy atom. The first-order chi connectivity index (χ1) is 9.61. The van der Waals surface area contributed by atoms with Crippen LogP contribution in [0.1, 0.15) is 52.9 Å². The zero-order chi connectivity index (χ0) is 14.6. The predicted octanol–water partition coefficient (Wildman–Crippen LogP) is 3.03. The van der Waals surface area contributed by atoms with E-state index in [1.165, 1.54) is 45.2 Å². The maximum Gasteiger partial charge on any atom is 0.122 e. The normalized spacial score (nSPS) is 27.9. The summed E-state index contributed by atoms with van der Waals surface area (Å²) in [4.78, 5) is 2.55. The van der Waals surface area contributed by atoms with E-state index in [2.05, 4.69) is 37.1 Å². The zero-order valence-electron chi connectivity index (χ0n) is 13.5. The van der Waals surface area contributed by atoms with Crippen molar-refractivity contribution < 1.29 is 0 Å². The second-order valence-corrected chi connectivity index (χ2v) is 7.10. The quantitative estimate of drug-likeness (QED) is 0.811. The maximum absolute atomic E-state index is 9.72. The molecule has 0 aromatic rings. The lowest BCUT2D eigenvalue weighted by Crippen LogP contribution is -2.54. The van der Waals surface area contributed by atoms with Crippen molar-refractivity contribution >= 4 is 0 Å². The zero-order valence-corrected chi connectivity index (χ0v) is 13.5. The topological polar surface area (TPSA) is 39.1 Å². The maximum atomic E-state index is 9.72. The molecule has 2 unspecified atom stereocenters. The molecule has 20 heavy (non-hydrogen) atoms. The highest BCUT2D eigenvalue weighted by atomic mass is 15.2. The molecule has 0 radical (unpaired) electrons. The first kappa shape index (κ1) is 15.8. The third-order valence-corrected chi connectivity index (χ3v) is 5.25. The van der Waals surface area contributed by atoms with Gasteiger partial charge in [0.25, 0.3) is 0 Å². The highest BCUT2D eigenvalue weighted by Crippen LogP contribution is 2.40. The second kappa shape index (κ2) is 6.91. The molecule has 3 heteroatoms. The summed E-state index contributed by atoms with van der Waals surface area (Å²) in [7, 11) is 0. The molecule has 0 amide bonds. The van der Waals surface area contributed by atoms with Gasteiger partial charge in [-0.2, -0.15) is 5.26 Å². The van der Waals surface area contributed by atoms with Crippen molar-refractivity contribution in [2.75, 3.05) is 26.2 Å². The van der Waals surface area contributed by atoms with E-state index < -0.39 is 0 Å².